The molecule has 1 amide bonds. The number of halogens is 3. The van der Waals surface area contributed by atoms with Gasteiger partial charge in [-0.05, 0) is 69.1 Å². The van der Waals surface area contributed by atoms with Crippen LogP contribution in [0.15, 0.2) is 81.5 Å². The minimum atomic E-state index is -0.177. The van der Waals surface area contributed by atoms with Gasteiger partial charge in [0.05, 0.1) is 16.8 Å². The average Bonchev–Trinajstić information content (AvgIpc) is 3.30. The van der Waals surface area contributed by atoms with Gasteiger partial charge in [0, 0.05) is 34.0 Å². The molecule has 0 bridgehead atoms. The Labute approximate surface area is 233 Å². The summed E-state index contributed by atoms with van der Waals surface area (Å²) in [5, 5.41) is 12.3. The maximum absolute atomic E-state index is 13.5. The van der Waals surface area contributed by atoms with Gasteiger partial charge in [0.25, 0.3) is 5.91 Å². The Kier molecular flexibility index (Phi) is 6.54. The maximum Gasteiger partial charge on any atom is 0.281 e. The zero-order chi connectivity index (χ0) is 24.8. The third-order valence-corrected chi connectivity index (χ3v) is 8.34. The molecule has 3 aromatic rings. The number of anilines is 1. The van der Waals surface area contributed by atoms with Gasteiger partial charge < -0.3 is 0 Å². The van der Waals surface area contributed by atoms with Crippen molar-refractivity contribution < 1.29 is 4.79 Å². The highest BCUT2D eigenvalue weighted by Crippen LogP contribution is 2.38. The van der Waals surface area contributed by atoms with Gasteiger partial charge in [0.15, 0.2) is 0 Å². The topological polar surface area (TPSA) is 47.9 Å². The highest BCUT2D eigenvalue weighted by molar-refractivity contribution is 14.1. The number of hydrazone groups is 1. The second kappa shape index (κ2) is 9.82. The van der Waals surface area contributed by atoms with Crippen LogP contribution in [-0.2, 0) is 17.9 Å². The summed E-state index contributed by atoms with van der Waals surface area (Å²) in [6.07, 6.45) is 7.97. The number of benzene rings is 3. The Morgan fingerprint density at radius 2 is 1.81 bits per heavy atom. The van der Waals surface area contributed by atoms with E-state index in [1.165, 1.54) is 25.5 Å². The second-order valence-corrected chi connectivity index (χ2v) is 11.4. The number of hydrogen-bond acceptors (Lipinski definition) is 4. The van der Waals surface area contributed by atoms with Gasteiger partial charge in [-0.3, -0.25) is 15.2 Å². The molecular weight excluding hydrogens is 606 g/mol. The van der Waals surface area contributed by atoms with Crippen LogP contribution in [0.25, 0.3) is 10.8 Å². The third kappa shape index (κ3) is 4.56. The van der Waals surface area contributed by atoms with E-state index in [1.807, 2.05) is 16.1 Å². The van der Waals surface area contributed by atoms with E-state index >= 15 is 0 Å². The zero-order valence-electron chi connectivity index (χ0n) is 19.3. The minimum Gasteiger partial charge on any atom is -0.283 e. The average molecular weight is 629 g/mol. The van der Waals surface area contributed by atoms with Crippen molar-refractivity contribution in [3.05, 3.63) is 97.6 Å². The van der Waals surface area contributed by atoms with Crippen LogP contribution in [0, 0.1) is 5.92 Å². The number of hydrazine groups is 1. The van der Waals surface area contributed by atoms with Gasteiger partial charge in [-0.15, -0.1) is 0 Å². The molecular formula is C28H23Cl2IN4O. The Balaban J connectivity index is 1.25. The molecule has 0 radical (unpaired) electrons. The first kappa shape index (κ1) is 24.0. The number of amides is 1. The molecule has 2 atom stereocenters. The molecule has 6 rings (SSSR count). The molecule has 0 saturated heterocycles. The lowest BCUT2D eigenvalue weighted by molar-refractivity contribution is -0.120. The lowest BCUT2D eigenvalue weighted by Gasteiger charge is -2.30. The monoisotopic (exact) mass is 628 g/mol. The van der Waals surface area contributed by atoms with E-state index in [-0.39, 0.29) is 17.9 Å². The van der Waals surface area contributed by atoms with Gasteiger partial charge in [-0.25, -0.2) is 5.01 Å². The largest absolute Gasteiger partial charge is 0.283 e. The van der Waals surface area contributed by atoms with E-state index in [0.717, 1.165) is 12.1 Å². The molecule has 0 aromatic heterocycles. The van der Waals surface area contributed by atoms with E-state index < -0.39 is 0 Å². The summed E-state index contributed by atoms with van der Waals surface area (Å²) in [6.45, 7) is 1.30. The van der Waals surface area contributed by atoms with Gasteiger partial charge in [0.2, 0.25) is 0 Å². The van der Waals surface area contributed by atoms with Gasteiger partial charge in [0.1, 0.15) is 5.71 Å². The number of nitrogens with one attached hydrogen (secondary N) is 1. The van der Waals surface area contributed by atoms with E-state index in [0.29, 0.717) is 35.3 Å². The van der Waals surface area contributed by atoms with Crippen molar-refractivity contribution in [2.24, 2.45) is 11.0 Å². The summed E-state index contributed by atoms with van der Waals surface area (Å²) in [4.78, 5) is 13.5. The van der Waals surface area contributed by atoms with Gasteiger partial charge in [-0.1, -0.05) is 77.8 Å². The number of hydrogen-bond donors (Lipinski definition) is 1. The SMILES string of the molecule is O=C(NN1Cc2cccc3cccc(c23)C1)C1=NN(c2ccc(Cl)cc2Cl)C(C2C=CC(I)=CC2)C1. The number of allylic oxidation sites excluding steroid dienone is 3. The zero-order valence-corrected chi connectivity index (χ0v) is 23.0. The third-order valence-electron chi connectivity index (χ3n) is 7.00. The summed E-state index contributed by atoms with van der Waals surface area (Å²) >= 11 is 15.1. The first-order valence-electron chi connectivity index (χ1n) is 11.9. The highest BCUT2D eigenvalue weighted by atomic mass is 127. The minimum absolute atomic E-state index is 0.0164. The van der Waals surface area contributed by atoms with Crippen LogP contribution in [0.1, 0.15) is 24.0 Å². The van der Waals surface area contributed by atoms with Crippen molar-refractivity contribution in [3.63, 3.8) is 0 Å². The van der Waals surface area contributed by atoms with Crippen LogP contribution >= 0.6 is 45.8 Å². The quantitative estimate of drug-likeness (QED) is 0.316. The fourth-order valence-electron chi connectivity index (χ4n) is 5.32. The summed E-state index contributed by atoms with van der Waals surface area (Å²) in [6, 6.07) is 18.0. The molecule has 2 heterocycles. The van der Waals surface area contributed by atoms with Crippen molar-refractivity contribution >= 4 is 73.9 Å². The smallest absolute Gasteiger partial charge is 0.281 e. The Morgan fingerprint density at radius 1 is 1.06 bits per heavy atom. The van der Waals surface area contributed by atoms with E-state index in [2.05, 4.69) is 82.6 Å². The highest BCUT2D eigenvalue weighted by Gasteiger charge is 2.37. The second-order valence-electron chi connectivity index (χ2n) is 9.34. The molecule has 2 aliphatic heterocycles. The number of carbonyl (C=O) groups excluding carboxylic acids is 1. The Morgan fingerprint density at radius 3 is 2.47 bits per heavy atom. The molecule has 8 heteroatoms. The summed E-state index contributed by atoms with van der Waals surface area (Å²) in [5.41, 5.74) is 6.80. The summed E-state index contributed by atoms with van der Waals surface area (Å²) in [5.74, 6) is 0.0350. The van der Waals surface area contributed by atoms with Crippen LogP contribution in [0.3, 0.4) is 0 Å². The molecule has 1 N–H and O–H groups in total. The molecule has 3 aromatic carbocycles. The Hall–Kier alpha value is -2.39. The molecule has 0 spiro atoms. The lowest BCUT2D eigenvalue weighted by Crippen LogP contribution is -2.45. The van der Waals surface area contributed by atoms with Gasteiger partial charge in [-0.2, -0.15) is 5.10 Å². The molecule has 1 aliphatic carbocycles. The summed E-state index contributed by atoms with van der Waals surface area (Å²) < 4.78 is 1.22. The van der Waals surface area contributed by atoms with Crippen LogP contribution in [0.2, 0.25) is 10.0 Å². The Bertz CT molecular complexity index is 1430. The van der Waals surface area contributed by atoms with E-state index in [1.54, 1.807) is 12.1 Å². The molecule has 0 saturated carbocycles. The van der Waals surface area contributed by atoms with Crippen LogP contribution in [-0.4, -0.2) is 22.7 Å². The van der Waals surface area contributed by atoms with Crippen molar-refractivity contribution in [1.82, 2.24) is 10.4 Å². The number of carbonyl (C=O) groups is 1. The molecule has 2 unspecified atom stereocenters. The van der Waals surface area contributed by atoms with Crippen LogP contribution in [0.4, 0.5) is 5.69 Å². The van der Waals surface area contributed by atoms with Crippen molar-refractivity contribution in [2.45, 2.75) is 32.0 Å². The normalized spacial score (nSPS) is 21.5. The van der Waals surface area contributed by atoms with E-state index in [9.17, 15) is 4.79 Å². The number of rotatable bonds is 4. The van der Waals surface area contributed by atoms with Crippen LogP contribution in [0.5, 0.6) is 0 Å². The molecule has 3 aliphatic rings. The number of nitrogens with zero attached hydrogens (tertiary/aromatic N) is 3. The maximum atomic E-state index is 13.5. The van der Waals surface area contributed by atoms with Crippen molar-refractivity contribution in [1.29, 1.82) is 0 Å². The van der Waals surface area contributed by atoms with Crippen molar-refractivity contribution in [2.75, 3.05) is 5.01 Å². The van der Waals surface area contributed by atoms with Gasteiger partial charge >= 0.3 is 0 Å². The van der Waals surface area contributed by atoms with E-state index in [4.69, 9.17) is 28.3 Å². The molecule has 5 nitrogen and oxygen atoms in total. The first-order chi connectivity index (χ1) is 17.5. The fraction of sp³-hybridized carbons (Fsp3) is 0.214. The first-order valence-corrected chi connectivity index (χ1v) is 13.7. The van der Waals surface area contributed by atoms with Crippen molar-refractivity contribution in [3.8, 4) is 0 Å². The predicted molar refractivity (Wildman–Crippen MR) is 155 cm³/mol. The fourth-order valence-corrected chi connectivity index (χ4v) is 6.27. The van der Waals surface area contributed by atoms with Crippen LogP contribution < -0.4 is 10.4 Å². The lowest BCUT2D eigenvalue weighted by atomic mass is 9.89. The predicted octanol–water partition coefficient (Wildman–Crippen LogP) is 7.02. The molecule has 36 heavy (non-hydrogen) atoms. The molecule has 0 fully saturated rings. The standard InChI is InChI=1S/C28H23Cl2IN4O/c29-21-9-12-25(23(30)13-21)35-26(17-7-10-22(31)11-8-17)14-24(32-35)28(36)33-34-15-19-5-1-3-18-4-2-6-20(16-34)27(18)19/h1-7,9-13,17,26H,8,14-16H2,(H,33,36). The molecule has 182 valence electrons. The summed E-state index contributed by atoms with van der Waals surface area (Å²) in [7, 11) is 0.